The van der Waals surface area contributed by atoms with Gasteiger partial charge in [-0.25, -0.2) is 4.39 Å². The summed E-state index contributed by atoms with van der Waals surface area (Å²) in [5, 5.41) is 0.142. The average molecular weight is 251 g/mol. The highest BCUT2D eigenvalue weighted by Crippen LogP contribution is 2.38. The molecule has 0 bridgehead atoms. The van der Waals surface area contributed by atoms with Crippen LogP contribution in [0.15, 0.2) is 16.6 Å². The molecule has 1 aromatic carbocycles. The Bertz CT molecular complexity index is 325. The first-order valence-electron chi connectivity index (χ1n) is 3.45. The monoisotopic (exact) mass is 250 g/mol. The third kappa shape index (κ3) is 1.37. The van der Waals surface area contributed by atoms with Crippen molar-refractivity contribution in [3.63, 3.8) is 0 Å². The third-order valence-corrected chi connectivity index (χ3v) is 2.72. The van der Waals surface area contributed by atoms with E-state index in [-0.39, 0.29) is 16.9 Å². The van der Waals surface area contributed by atoms with Gasteiger partial charge in [0.2, 0.25) is 0 Å². The molecule has 1 nitrogen and oxygen atoms in total. The van der Waals surface area contributed by atoms with E-state index < -0.39 is 0 Å². The summed E-state index contributed by atoms with van der Waals surface area (Å²) in [5.74, 6) is -0.381. The van der Waals surface area contributed by atoms with Gasteiger partial charge >= 0.3 is 0 Å². The normalized spacial score (nSPS) is 21.1. The fourth-order valence-corrected chi connectivity index (χ4v) is 1.78. The standard InChI is InChI=1S/C8H5BrClFO/c9-4-1-2-5(10)8(11)7(4)6-3-12-6/h1-2,6H,3H2/t6-/m0/s1. The van der Waals surface area contributed by atoms with Crippen LogP contribution < -0.4 is 0 Å². The van der Waals surface area contributed by atoms with E-state index in [1.165, 1.54) is 6.07 Å². The second kappa shape index (κ2) is 2.98. The minimum atomic E-state index is -0.381. The highest BCUT2D eigenvalue weighted by Gasteiger charge is 2.30. The molecule has 2 rings (SSSR count). The SMILES string of the molecule is Fc1c(Cl)ccc(Br)c1[C@@H]1CO1. The van der Waals surface area contributed by atoms with Gasteiger partial charge in [0.05, 0.1) is 11.6 Å². The van der Waals surface area contributed by atoms with E-state index in [1.807, 2.05) is 0 Å². The van der Waals surface area contributed by atoms with Gasteiger partial charge in [-0.05, 0) is 12.1 Å². The van der Waals surface area contributed by atoms with Crippen LogP contribution >= 0.6 is 27.5 Å². The molecule has 1 aromatic rings. The van der Waals surface area contributed by atoms with Crippen LogP contribution in [0.4, 0.5) is 4.39 Å². The Balaban J connectivity index is 2.55. The lowest BCUT2D eigenvalue weighted by Gasteiger charge is -2.03. The van der Waals surface area contributed by atoms with Crippen LogP contribution in [0.3, 0.4) is 0 Å². The van der Waals surface area contributed by atoms with Gasteiger partial charge < -0.3 is 4.74 Å². The molecule has 1 heterocycles. The summed E-state index contributed by atoms with van der Waals surface area (Å²) in [7, 11) is 0. The number of rotatable bonds is 1. The molecule has 1 aliphatic rings. The van der Waals surface area contributed by atoms with Gasteiger partial charge in [-0.3, -0.25) is 0 Å². The lowest BCUT2D eigenvalue weighted by molar-refractivity contribution is 0.407. The first-order chi connectivity index (χ1) is 5.70. The quantitative estimate of drug-likeness (QED) is 0.551. The molecule has 64 valence electrons. The summed E-state index contributed by atoms with van der Waals surface area (Å²) in [6.07, 6.45) is -0.113. The maximum absolute atomic E-state index is 13.3. The van der Waals surface area contributed by atoms with E-state index in [0.29, 0.717) is 16.6 Å². The molecule has 4 heteroatoms. The minimum absolute atomic E-state index is 0.113. The smallest absolute Gasteiger partial charge is 0.148 e. The molecule has 12 heavy (non-hydrogen) atoms. The predicted octanol–water partition coefficient (Wildman–Crippen LogP) is 3.31. The number of benzene rings is 1. The fraction of sp³-hybridized carbons (Fsp3) is 0.250. The van der Waals surface area contributed by atoms with Crippen molar-refractivity contribution < 1.29 is 9.13 Å². The van der Waals surface area contributed by atoms with Gasteiger partial charge in [-0.2, -0.15) is 0 Å². The Morgan fingerprint density at radius 2 is 2.25 bits per heavy atom. The molecule has 0 N–H and O–H groups in total. The van der Waals surface area contributed by atoms with Crippen molar-refractivity contribution in [2.24, 2.45) is 0 Å². The molecule has 0 aliphatic carbocycles. The van der Waals surface area contributed by atoms with Gasteiger partial charge in [-0.1, -0.05) is 27.5 Å². The highest BCUT2D eigenvalue weighted by molar-refractivity contribution is 9.10. The molecular formula is C8H5BrClFO. The Hall–Kier alpha value is -0.120. The van der Waals surface area contributed by atoms with Crippen LogP contribution in [0.2, 0.25) is 5.02 Å². The second-order valence-electron chi connectivity index (χ2n) is 2.58. The van der Waals surface area contributed by atoms with Crippen LogP contribution in [0.5, 0.6) is 0 Å². The first-order valence-corrected chi connectivity index (χ1v) is 4.62. The highest BCUT2D eigenvalue weighted by atomic mass is 79.9. The van der Waals surface area contributed by atoms with Gasteiger partial charge in [-0.15, -0.1) is 0 Å². The Kier molecular flexibility index (Phi) is 2.10. The molecular weight excluding hydrogens is 246 g/mol. The van der Waals surface area contributed by atoms with E-state index in [9.17, 15) is 4.39 Å². The zero-order valence-corrected chi connectivity index (χ0v) is 8.32. The Morgan fingerprint density at radius 1 is 1.58 bits per heavy atom. The van der Waals surface area contributed by atoms with Crippen LogP contribution in [-0.2, 0) is 4.74 Å². The Morgan fingerprint density at radius 3 is 2.83 bits per heavy atom. The van der Waals surface area contributed by atoms with Crippen molar-refractivity contribution in [3.8, 4) is 0 Å². The van der Waals surface area contributed by atoms with Gasteiger partial charge in [0.15, 0.2) is 0 Å². The van der Waals surface area contributed by atoms with Crippen LogP contribution in [-0.4, -0.2) is 6.61 Å². The Labute approximate surface area is 82.6 Å². The molecule has 1 atom stereocenters. The van der Waals surface area contributed by atoms with E-state index >= 15 is 0 Å². The molecule has 0 spiro atoms. The van der Waals surface area contributed by atoms with Crippen molar-refractivity contribution >= 4 is 27.5 Å². The first kappa shape index (κ1) is 8.48. The van der Waals surface area contributed by atoms with Crippen molar-refractivity contribution in [1.29, 1.82) is 0 Å². The van der Waals surface area contributed by atoms with E-state index in [1.54, 1.807) is 6.07 Å². The summed E-state index contributed by atoms with van der Waals surface area (Å²) >= 11 is 8.85. The van der Waals surface area contributed by atoms with Crippen molar-refractivity contribution in [1.82, 2.24) is 0 Å². The fourth-order valence-electron chi connectivity index (χ4n) is 1.05. The number of halogens is 3. The molecule has 0 saturated carbocycles. The van der Waals surface area contributed by atoms with Crippen molar-refractivity contribution in [2.75, 3.05) is 6.61 Å². The number of hydrogen-bond donors (Lipinski definition) is 0. The van der Waals surface area contributed by atoms with Crippen LogP contribution in [0.1, 0.15) is 11.7 Å². The predicted molar refractivity (Wildman–Crippen MR) is 47.8 cm³/mol. The topological polar surface area (TPSA) is 12.5 Å². The summed E-state index contributed by atoms with van der Waals surface area (Å²) in [4.78, 5) is 0. The van der Waals surface area contributed by atoms with Gasteiger partial charge in [0.25, 0.3) is 0 Å². The lowest BCUT2D eigenvalue weighted by Crippen LogP contribution is -1.90. The van der Waals surface area contributed by atoms with Gasteiger partial charge in [0, 0.05) is 10.0 Å². The summed E-state index contributed by atoms with van der Waals surface area (Å²) in [6, 6.07) is 3.25. The van der Waals surface area contributed by atoms with Crippen molar-refractivity contribution in [3.05, 3.63) is 33.0 Å². The van der Waals surface area contributed by atoms with E-state index in [2.05, 4.69) is 15.9 Å². The average Bonchev–Trinajstić information content (AvgIpc) is 2.81. The maximum Gasteiger partial charge on any atom is 0.148 e. The molecule has 1 aliphatic heterocycles. The molecule has 1 saturated heterocycles. The molecule has 0 amide bonds. The third-order valence-electron chi connectivity index (χ3n) is 1.73. The van der Waals surface area contributed by atoms with E-state index in [4.69, 9.17) is 16.3 Å². The largest absolute Gasteiger partial charge is 0.368 e. The van der Waals surface area contributed by atoms with E-state index in [0.717, 1.165) is 0 Å². The zero-order chi connectivity index (χ0) is 8.72. The molecule has 1 fully saturated rings. The van der Waals surface area contributed by atoms with Gasteiger partial charge in [0.1, 0.15) is 11.9 Å². The number of hydrogen-bond acceptors (Lipinski definition) is 1. The summed E-state index contributed by atoms with van der Waals surface area (Å²) in [6.45, 7) is 0.579. The maximum atomic E-state index is 13.3. The van der Waals surface area contributed by atoms with Crippen molar-refractivity contribution in [2.45, 2.75) is 6.10 Å². The molecule has 0 unspecified atom stereocenters. The number of ether oxygens (including phenoxy) is 1. The molecule has 0 radical (unpaired) electrons. The van der Waals surface area contributed by atoms with Crippen LogP contribution in [0.25, 0.3) is 0 Å². The second-order valence-corrected chi connectivity index (χ2v) is 3.84. The zero-order valence-electron chi connectivity index (χ0n) is 5.98. The lowest BCUT2D eigenvalue weighted by atomic mass is 10.1. The summed E-state index contributed by atoms with van der Waals surface area (Å²) in [5.41, 5.74) is 0.530. The van der Waals surface area contributed by atoms with Crippen LogP contribution in [0, 0.1) is 5.82 Å². The minimum Gasteiger partial charge on any atom is -0.368 e. The molecule has 0 aromatic heterocycles. The number of epoxide rings is 1. The summed E-state index contributed by atoms with van der Waals surface area (Å²) < 4.78 is 19.0.